The zero-order chi connectivity index (χ0) is 71.5. The predicted molar refractivity (Wildman–Crippen MR) is 374 cm³/mol. The third-order valence-electron chi connectivity index (χ3n) is 19.4. The minimum atomic E-state index is -1.91. The first-order valence-electron chi connectivity index (χ1n) is 35.2. The van der Waals surface area contributed by atoms with Crippen LogP contribution in [-0.2, 0) is 105 Å². The number of hydrogen-bond acceptors (Lipinski definition) is 19. The second kappa shape index (κ2) is 33.8. The molecule has 22 heteroatoms. The molecule has 8 aromatic carbocycles. The number of para-hydroxylation sites is 1. The van der Waals surface area contributed by atoms with Crippen molar-refractivity contribution in [3.63, 3.8) is 0 Å². The van der Waals surface area contributed by atoms with Crippen LogP contribution in [0.15, 0.2) is 231 Å². The zero-order valence-corrected chi connectivity index (χ0v) is 57.6. The van der Waals surface area contributed by atoms with Crippen molar-refractivity contribution in [2.24, 2.45) is 5.92 Å². The molecule has 0 bridgehead atoms. The van der Waals surface area contributed by atoms with E-state index in [0.717, 1.165) is 44.5 Å². The highest BCUT2D eigenvalue weighted by molar-refractivity contribution is 5.94. The van der Waals surface area contributed by atoms with Crippen LogP contribution in [0.2, 0.25) is 0 Å². The fraction of sp³-hybridized carbons (Fsp3) is 0.366. The SMILES string of the molecule is CC(=O)N[C@H]1[C@H](O[C@H]2C3OC(c4ccccc4)OCC3O[C@H](OC(C)C(C(=O)O)C(=O)OCC3c4ccccc4-c4ccccc43)[C@@H]2NC(C)=O)O[C@H](COc2ccccc2)[C@@H](O[C@@H]2OC3COC(c4ccccc4)OC3[C@H](OCc3ccccc3)[C@H]2OCc2ccccc2)[C@@H]1OCc1ccccc1. The molecule has 19 atom stereocenters. The van der Waals surface area contributed by atoms with Gasteiger partial charge in [-0.1, -0.05) is 218 Å². The lowest BCUT2D eigenvalue weighted by atomic mass is 9.92. The molecule has 0 saturated carbocycles. The lowest BCUT2D eigenvalue weighted by Gasteiger charge is -2.53. The van der Waals surface area contributed by atoms with Crippen molar-refractivity contribution >= 4 is 23.8 Å². The number of carboxylic acid groups (broad SMARTS) is 1. The number of rotatable bonds is 27. The third-order valence-corrected chi connectivity index (χ3v) is 19.4. The van der Waals surface area contributed by atoms with Gasteiger partial charge in [-0.15, -0.1) is 0 Å². The summed E-state index contributed by atoms with van der Waals surface area (Å²) in [6.07, 6.45) is -18.5. The standard InChI is InChI=1S/C82H84N2O20/c1-49(66(76(87)88)77(89)94-45-62-60-40-24-22-38-58(60)59-39-23-25-41-61(59)62)97-80-68(84-51(3)86)73(70-64(98-80)47-95-78(101-70)55-32-16-7-17-33-55)104-81-67(83-50(2)85)72(91-42-52-26-10-4-11-27-52)69(63(99-81)46-90-57-36-20-9-21-37-57)103-82-75(93-44-54-30-14-6-15-31-54)74(92-43-53-28-12-5-13-29-53)71-65(100-82)48-96-79(102-71)56-34-18-8-19-35-56/h4-41,49,62-75,78-82H,42-48H2,1-3H3,(H,83,85)(H,84,86)(H,87,88)/t49?,63-,64?,65?,66?,67-,68-,69-,70?,71?,72-,73-,74+,75-,78?,79?,80+,81+,82+/m1/s1. The zero-order valence-electron chi connectivity index (χ0n) is 57.6. The van der Waals surface area contributed by atoms with E-state index in [1.54, 1.807) is 12.1 Å². The maximum atomic E-state index is 14.4. The second-order valence-corrected chi connectivity index (χ2v) is 26.6. The van der Waals surface area contributed by atoms with Gasteiger partial charge in [0.2, 0.25) is 11.8 Å². The number of carbonyl (C=O) groups is 4. The van der Waals surface area contributed by atoms with E-state index in [0.29, 0.717) is 11.3 Å². The van der Waals surface area contributed by atoms with E-state index < -0.39 is 140 Å². The van der Waals surface area contributed by atoms with E-state index in [1.807, 2.05) is 218 Å². The van der Waals surface area contributed by atoms with Crippen LogP contribution in [-0.4, -0.2) is 153 Å². The molecular formula is C82H84N2O20. The number of esters is 1. The summed E-state index contributed by atoms with van der Waals surface area (Å²) in [7, 11) is 0. The van der Waals surface area contributed by atoms with Gasteiger partial charge in [0.25, 0.3) is 0 Å². The summed E-state index contributed by atoms with van der Waals surface area (Å²) in [6.45, 7) is 3.79. The second-order valence-electron chi connectivity index (χ2n) is 26.6. The van der Waals surface area contributed by atoms with Gasteiger partial charge in [0.15, 0.2) is 37.4 Å². The first-order valence-corrected chi connectivity index (χ1v) is 35.2. The molecule has 5 heterocycles. The minimum absolute atomic E-state index is 0.0339. The molecule has 3 N–H and O–H groups in total. The molecule has 542 valence electrons. The highest BCUT2D eigenvalue weighted by atomic mass is 16.8. The van der Waals surface area contributed by atoms with Gasteiger partial charge in [0, 0.05) is 30.9 Å². The molecule has 1 aliphatic carbocycles. The summed E-state index contributed by atoms with van der Waals surface area (Å²) >= 11 is 0. The number of carboxylic acids is 1. The van der Waals surface area contributed by atoms with Crippen molar-refractivity contribution in [1.29, 1.82) is 0 Å². The Morgan fingerprint density at radius 1 is 0.462 bits per heavy atom. The summed E-state index contributed by atoms with van der Waals surface area (Å²) < 4.78 is 104. The van der Waals surface area contributed by atoms with Gasteiger partial charge >= 0.3 is 11.9 Å². The van der Waals surface area contributed by atoms with Gasteiger partial charge < -0.3 is 86.8 Å². The molecule has 14 rings (SSSR count). The van der Waals surface area contributed by atoms with Crippen molar-refractivity contribution < 1.29 is 95.3 Å². The Balaban J connectivity index is 0.828. The average Bonchev–Trinajstić information content (AvgIpc) is 1.05. The Morgan fingerprint density at radius 3 is 1.40 bits per heavy atom. The largest absolute Gasteiger partial charge is 0.491 e. The molecule has 8 unspecified atom stereocenters. The Bertz CT molecular complexity index is 4070. The van der Waals surface area contributed by atoms with Crippen LogP contribution in [0.3, 0.4) is 0 Å². The molecule has 6 aliphatic rings. The quantitative estimate of drug-likeness (QED) is 0.0320. The summed E-state index contributed by atoms with van der Waals surface area (Å²) in [4.78, 5) is 56.0. The molecule has 0 aromatic heterocycles. The lowest BCUT2D eigenvalue weighted by Crippen LogP contribution is -2.72. The number of carbonyl (C=O) groups excluding carboxylic acids is 3. The summed E-state index contributed by atoms with van der Waals surface area (Å²) in [5.41, 5.74) is 7.80. The van der Waals surface area contributed by atoms with Crippen molar-refractivity contribution in [3.8, 4) is 16.9 Å². The van der Waals surface area contributed by atoms with Crippen LogP contribution >= 0.6 is 0 Å². The molecule has 0 radical (unpaired) electrons. The number of ether oxygens (including phenoxy) is 15. The number of hydrogen-bond donors (Lipinski definition) is 3. The minimum Gasteiger partial charge on any atom is -0.491 e. The number of fused-ring (bicyclic) bond motifs is 5. The molecular weight excluding hydrogens is 1330 g/mol. The first kappa shape index (κ1) is 71.9. The number of nitrogens with one attached hydrogen (secondary N) is 2. The Labute approximate surface area is 602 Å². The summed E-state index contributed by atoms with van der Waals surface area (Å²) in [6, 6.07) is 69.8. The van der Waals surface area contributed by atoms with E-state index in [-0.39, 0.29) is 52.2 Å². The fourth-order valence-electron chi connectivity index (χ4n) is 14.5. The summed E-state index contributed by atoms with van der Waals surface area (Å²) in [5.74, 6) is -5.49. The fourth-order valence-corrected chi connectivity index (χ4v) is 14.5. The number of benzene rings is 8. The highest BCUT2D eigenvalue weighted by Gasteiger charge is 2.59. The lowest BCUT2D eigenvalue weighted by molar-refractivity contribution is -0.398. The van der Waals surface area contributed by atoms with Gasteiger partial charge in [-0.25, -0.2) is 0 Å². The smallest absolute Gasteiger partial charge is 0.323 e. The van der Waals surface area contributed by atoms with Crippen LogP contribution in [0.25, 0.3) is 11.1 Å². The van der Waals surface area contributed by atoms with E-state index in [1.165, 1.54) is 20.8 Å². The van der Waals surface area contributed by atoms with E-state index in [9.17, 15) is 24.3 Å². The van der Waals surface area contributed by atoms with Crippen LogP contribution in [0, 0.1) is 5.92 Å². The highest BCUT2D eigenvalue weighted by Crippen LogP contribution is 2.46. The van der Waals surface area contributed by atoms with Gasteiger partial charge in [-0.05, 0) is 58.0 Å². The van der Waals surface area contributed by atoms with Crippen LogP contribution in [0.1, 0.15) is 78.2 Å². The van der Waals surface area contributed by atoms with Crippen LogP contribution < -0.4 is 15.4 Å². The maximum absolute atomic E-state index is 14.4. The molecule has 8 aromatic rings. The molecule has 104 heavy (non-hydrogen) atoms. The van der Waals surface area contributed by atoms with Crippen molar-refractivity contribution in [2.75, 3.05) is 26.4 Å². The monoisotopic (exact) mass is 1420 g/mol. The Kier molecular flexibility index (Phi) is 23.4. The van der Waals surface area contributed by atoms with Crippen molar-refractivity contribution in [2.45, 2.75) is 157 Å². The normalized spacial score (nSPS) is 28.4. The predicted octanol–water partition coefficient (Wildman–Crippen LogP) is 10.5. The molecule has 2 amide bonds. The maximum Gasteiger partial charge on any atom is 0.323 e. The van der Waals surface area contributed by atoms with Gasteiger partial charge in [-0.3, -0.25) is 19.2 Å². The molecule has 5 saturated heterocycles. The first-order chi connectivity index (χ1) is 50.9. The number of aliphatic carboxylic acids is 1. The molecule has 0 spiro atoms. The van der Waals surface area contributed by atoms with Crippen molar-refractivity contribution in [3.05, 3.63) is 269 Å². The van der Waals surface area contributed by atoms with E-state index in [4.69, 9.17) is 71.1 Å². The van der Waals surface area contributed by atoms with Gasteiger partial charge in [0.1, 0.15) is 92.1 Å². The van der Waals surface area contributed by atoms with Crippen molar-refractivity contribution in [1.82, 2.24) is 10.6 Å². The molecule has 5 aliphatic heterocycles. The topological polar surface area (TPSA) is 251 Å². The van der Waals surface area contributed by atoms with Crippen LogP contribution in [0.5, 0.6) is 5.75 Å². The van der Waals surface area contributed by atoms with Gasteiger partial charge in [-0.2, -0.15) is 0 Å². The molecule has 22 nitrogen and oxygen atoms in total. The number of amides is 2. The Morgan fingerprint density at radius 2 is 0.894 bits per heavy atom. The average molecular weight is 1420 g/mol. The third kappa shape index (κ3) is 16.8. The van der Waals surface area contributed by atoms with Gasteiger partial charge in [0.05, 0.1) is 39.1 Å². The summed E-state index contributed by atoms with van der Waals surface area (Å²) in [5, 5.41) is 17.1. The van der Waals surface area contributed by atoms with E-state index in [2.05, 4.69) is 10.6 Å². The Hall–Kier alpha value is -9.08. The van der Waals surface area contributed by atoms with E-state index >= 15 is 0 Å². The molecule has 5 fully saturated rings. The van der Waals surface area contributed by atoms with Crippen LogP contribution in [0.4, 0.5) is 0 Å².